The summed E-state index contributed by atoms with van der Waals surface area (Å²) in [7, 11) is 0. The predicted octanol–water partition coefficient (Wildman–Crippen LogP) is 3.55. The molecular formula is C24H20FN5O3. The maximum absolute atomic E-state index is 13.5. The van der Waals surface area contributed by atoms with Gasteiger partial charge in [-0.1, -0.05) is 42.5 Å². The summed E-state index contributed by atoms with van der Waals surface area (Å²) in [5.74, 6) is -1.33. The van der Waals surface area contributed by atoms with Crippen molar-refractivity contribution >= 4 is 11.9 Å². The molecule has 5 rings (SSSR count). The molecule has 33 heavy (non-hydrogen) atoms. The van der Waals surface area contributed by atoms with Crippen LogP contribution in [0.1, 0.15) is 18.0 Å². The molecule has 4 aromatic rings. The topological polar surface area (TPSA) is 102 Å². The largest absolute Gasteiger partial charge is 0.479 e. The van der Waals surface area contributed by atoms with Crippen LogP contribution in [0.15, 0.2) is 71.7 Å². The third-order valence-electron chi connectivity index (χ3n) is 5.66. The summed E-state index contributed by atoms with van der Waals surface area (Å²) in [4.78, 5) is 33.8. The van der Waals surface area contributed by atoms with Gasteiger partial charge in [0.15, 0.2) is 6.04 Å². The summed E-state index contributed by atoms with van der Waals surface area (Å²) in [5, 5.41) is 12.6. The average molecular weight is 445 g/mol. The molecule has 2 N–H and O–H groups in total. The molecule has 1 aliphatic heterocycles. The van der Waals surface area contributed by atoms with Crippen LogP contribution in [-0.2, 0) is 17.9 Å². The average Bonchev–Trinajstić information content (AvgIpc) is 3.41. The van der Waals surface area contributed by atoms with E-state index in [0.29, 0.717) is 41.2 Å². The minimum absolute atomic E-state index is 0.125. The highest BCUT2D eigenvalue weighted by molar-refractivity contribution is 5.81. The highest BCUT2D eigenvalue weighted by Gasteiger charge is 2.27. The first kappa shape index (κ1) is 20.6. The SMILES string of the molecule is O=C(O)[C@H](Nc1nccc(-c2c(-c3ccc(F)cc3)c(=O)n3n2CCC3)n1)c1ccccc1. The summed E-state index contributed by atoms with van der Waals surface area (Å²) in [6.07, 6.45) is 2.34. The van der Waals surface area contributed by atoms with E-state index < -0.39 is 12.0 Å². The van der Waals surface area contributed by atoms with Crippen LogP contribution in [-0.4, -0.2) is 30.4 Å². The zero-order chi connectivity index (χ0) is 22.9. The Balaban J connectivity index is 1.59. The molecule has 0 saturated carbocycles. The van der Waals surface area contributed by atoms with Crippen molar-refractivity contribution in [1.29, 1.82) is 0 Å². The van der Waals surface area contributed by atoms with Crippen LogP contribution in [0.4, 0.5) is 10.3 Å². The highest BCUT2D eigenvalue weighted by atomic mass is 19.1. The van der Waals surface area contributed by atoms with Crippen molar-refractivity contribution in [2.24, 2.45) is 0 Å². The first-order valence-electron chi connectivity index (χ1n) is 10.5. The van der Waals surface area contributed by atoms with E-state index in [9.17, 15) is 19.1 Å². The molecule has 0 aliphatic carbocycles. The van der Waals surface area contributed by atoms with Crippen molar-refractivity contribution in [1.82, 2.24) is 19.3 Å². The Hall–Kier alpha value is -4.27. The second-order valence-electron chi connectivity index (χ2n) is 7.73. The molecule has 0 spiro atoms. The van der Waals surface area contributed by atoms with Gasteiger partial charge in [0, 0.05) is 19.3 Å². The maximum atomic E-state index is 13.5. The summed E-state index contributed by atoms with van der Waals surface area (Å²) >= 11 is 0. The Morgan fingerprint density at radius 3 is 2.48 bits per heavy atom. The molecule has 2 aromatic carbocycles. The van der Waals surface area contributed by atoms with Crippen molar-refractivity contribution in [3.8, 4) is 22.5 Å². The minimum atomic E-state index is -1.07. The van der Waals surface area contributed by atoms with Crippen LogP contribution in [0.3, 0.4) is 0 Å². The highest BCUT2D eigenvalue weighted by Crippen LogP contribution is 2.32. The van der Waals surface area contributed by atoms with Crippen LogP contribution >= 0.6 is 0 Å². The number of carboxylic acid groups (broad SMARTS) is 1. The number of rotatable bonds is 6. The third-order valence-corrected chi connectivity index (χ3v) is 5.66. The van der Waals surface area contributed by atoms with Gasteiger partial charge in [-0.2, -0.15) is 0 Å². The van der Waals surface area contributed by atoms with Crippen molar-refractivity contribution in [2.75, 3.05) is 5.32 Å². The number of nitrogens with one attached hydrogen (secondary N) is 1. The first-order valence-corrected chi connectivity index (χ1v) is 10.5. The van der Waals surface area contributed by atoms with Crippen LogP contribution in [0.2, 0.25) is 0 Å². The quantitative estimate of drug-likeness (QED) is 0.471. The van der Waals surface area contributed by atoms with Crippen LogP contribution in [0, 0.1) is 5.82 Å². The van der Waals surface area contributed by atoms with E-state index in [1.165, 1.54) is 18.3 Å². The lowest BCUT2D eigenvalue weighted by molar-refractivity contribution is -0.138. The van der Waals surface area contributed by atoms with Crippen molar-refractivity contribution in [2.45, 2.75) is 25.6 Å². The van der Waals surface area contributed by atoms with E-state index in [-0.39, 0.29) is 17.3 Å². The van der Waals surface area contributed by atoms with Gasteiger partial charge in [-0.05, 0) is 35.7 Å². The van der Waals surface area contributed by atoms with Gasteiger partial charge < -0.3 is 10.4 Å². The van der Waals surface area contributed by atoms with E-state index in [2.05, 4.69) is 15.3 Å². The Morgan fingerprint density at radius 2 is 1.76 bits per heavy atom. The van der Waals surface area contributed by atoms with Gasteiger partial charge in [-0.15, -0.1) is 0 Å². The van der Waals surface area contributed by atoms with E-state index >= 15 is 0 Å². The van der Waals surface area contributed by atoms with Gasteiger partial charge in [-0.25, -0.2) is 23.8 Å². The second kappa shape index (κ2) is 8.34. The number of hydrogen-bond acceptors (Lipinski definition) is 5. The van der Waals surface area contributed by atoms with Crippen LogP contribution in [0.5, 0.6) is 0 Å². The van der Waals surface area contributed by atoms with Gasteiger partial charge in [0.1, 0.15) is 5.82 Å². The molecule has 3 heterocycles. The van der Waals surface area contributed by atoms with Gasteiger partial charge in [0.25, 0.3) is 5.56 Å². The Bertz CT molecular complexity index is 1380. The molecule has 8 nitrogen and oxygen atoms in total. The molecule has 166 valence electrons. The number of aliphatic carboxylic acids is 1. The minimum Gasteiger partial charge on any atom is -0.479 e. The summed E-state index contributed by atoms with van der Waals surface area (Å²) < 4.78 is 17.0. The number of carboxylic acids is 1. The van der Waals surface area contributed by atoms with Gasteiger partial charge in [0.2, 0.25) is 5.95 Å². The summed E-state index contributed by atoms with van der Waals surface area (Å²) in [6, 6.07) is 15.2. The number of halogens is 1. The van der Waals surface area contributed by atoms with E-state index in [1.54, 1.807) is 47.1 Å². The number of anilines is 1. The van der Waals surface area contributed by atoms with E-state index in [0.717, 1.165) is 6.42 Å². The van der Waals surface area contributed by atoms with Gasteiger partial charge in [0.05, 0.1) is 17.0 Å². The van der Waals surface area contributed by atoms with Crippen molar-refractivity contribution < 1.29 is 14.3 Å². The number of carbonyl (C=O) groups is 1. The molecule has 0 radical (unpaired) electrons. The number of hydrogen-bond donors (Lipinski definition) is 2. The van der Waals surface area contributed by atoms with Crippen molar-refractivity contribution in [3.05, 3.63) is 88.6 Å². The zero-order valence-electron chi connectivity index (χ0n) is 17.5. The fraction of sp³-hybridized carbons (Fsp3) is 0.167. The Kier molecular flexibility index (Phi) is 5.21. The fourth-order valence-corrected chi connectivity index (χ4v) is 4.17. The second-order valence-corrected chi connectivity index (χ2v) is 7.73. The lowest BCUT2D eigenvalue weighted by Crippen LogP contribution is -2.21. The first-order chi connectivity index (χ1) is 16.0. The van der Waals surface area contributed by atoms with E-state index in [4.69, 9.17) is 0 Å². The number of nitrogens with zero attached hydrogens (tertiary/aromatic N) is 4. The fourth-order valence-electron chi connectivity index (χ4n) is 4.17. The van der Waals surface area contributed by atoms with Crippen molar-refractivity contribution in [3.63, 3.8) is 0 Å². The molecule has 2 aromatic heterocycles. The van der Waals surface area contributed by atoms with Crippen LogP contribution < -0.4 is 10.9 Å². The molecular weight excluding hydrogens is 425 g/mol. The summed E-state index contributed by atoms with van der Waals surface area (Å²) in [6.45, 7) is 1.22. The lowest BCUT2D eigenvalue weighted by Gasteiger charge is -2.15. The van der Waals surface area contributed by atoms with Crippen LogP contribution in [0.25, 0.3) is 22.5 Å². The maximum Gasteiger partial charge on any atom is 0.330 e. The normalized spacial score (nSPS) is 13.5. The molecule has 0 fully saturated rings. The number of fused-ring (bicyclic) bond motifs is 1. The molecule has 1 atom stereocenters. The molecule has 0 unspecified atom stereocenters. The zero-order valence-corrected chi connectivity index (χ0v) is 17.5. The van der Waals surface area contributed by atoms with Gasteiger partial charge >= 0.3 is 5.97 Å². The third kappa shape index (κ3) is 3.78. The molecule has 0 bridgehead atoms. The van der Waals surface area contributed by atoms with Gasteiger partial charge in [-0.3, -0.25) is 9.48 Å². The molecule has 1 aliphatic rings. The molecule has 9 heteroatoms. The number of aromatic nitrogens is 4. The Labute approximate surface area is 188 Å². The Morgan fingerprint density at radius 1 is 1.03 bits per heavy atom. The lowest BCUT2D eigenvalue weighted by atomic mass is 10.0. The summed E-state index contributed by atoms with van der Waals surface area (Å²) in [5.41, 5.74) is 2.48. The molecule has 0 saturated heterocycles. The number of benzene rings is 2. The monoisotopic (exact) mass is 445 g/mol. The standard InChI is InChI=1S/C24H20FN5O3/c25-17-9-7-15(8-10-17)19-21(29-13-4-14-30(29)22(19)31)18-11-12-26-24(27-18)28-20(23(32)33)16-5-2-1-3-6-16/h1-3,5-12,20H,4,13-14H2,(H,32,33)(H,26,27,28)/t20-/m1/s1. The molecule has 0 amide bonds. The van der Waals surface area contributed by atoms with E-state index in [1.807, 2.05) is 10.7 Å². The smallest absolute Gasteiger partial charge is 0.330 e. The predicted molar refractivity (Wildman–Crippen MR) is 120 cm³/mol.